The summed E-state index contributed by atoms with van der Waals surface area (Å²) in [6.45, 7) is 11.9. The molecule has 1 aromatic heterocycles. The van der Waals surface area contributed by atoms with E-state index in [2.05, 4.69) is 22.1 Å². The molecular weight excluding hydrogens is 421 g/mol. The lowest BCUT2D eigenvalue weighted by Crippen LogP contribution is -2.46. The lowest BCUT2D eigenvalue weighted by Gasteiger charge is -2.34. The number of alkyl carbamates (subject to hydrolysis) is 1. The van der Waals surface area contributed by atoms with Crippen LogP contribution < -0.4 is 10.2 Å². The van der Waals surface area contributed by atoms with Crippen LogP contribution in [0.1, 0.15) is 65.5 Å². The molecule has 9 heteroatoms. The zero-order chi connectivity index (χ0) is 23.8. The molecule has 1 N–H and O–H groups in total. The van der Waals surface area contributed by atoms with Crippen molar-refractivity contribution in [2.45, 2.75) is 77.6 Å². The van der Waals surface area contributed by atoms with E-state index in [0.717, 1.165) is 51.6 Å². The summed E-state index contributed by atoms with van der Waals surface area (Å²) in [4.78, 5) is 19.3. The van der Waals surface area contributed by atoms with Crippen molar-refractivity contribution in [2.75, 3.05) is 37.6 Å². The molecule has 6 nitrogen and oxygen atoms in total. The monoisotopic (exact) mass is 458 g/mol. The molecule has 0 spiro atoms. The number of likely N-dealkylation sites (N-methyl/N-ethyl adjacent to an activating group) is 1. The highest BCUT2D eigenvalue weighted by molar-refractivity contribution is 5.68. The van der Waals surface area contributed by atoms with E-state index in [-0.39, 0.29) is 6.09 Å². The average Bonchev–Trinajstić information content (AvgIpc) is 2.73. The molecule has 3 rings (SSSR count). The number of anilines is 1. The van der Waals surface area contributed by atoms with Crippen LogP contribution in [-0.4, -0.2) is 60.3 Å². The standard InChI is InChI=1S/C12H16F3N3.C11H21NO2/c1-2-17-6-8-18(9-7-17)11-5-3-4-10(16-11)12(13,14)15;1-11(2,3)14-10(13)12-9-7-5-4-6-8-9/h3-5H,2,6-9H2,1H3;9H,4-8H2,1-3H3,(H,12,13). The second-order valence-electron chi connectivity index (χ2n) is 9.28. The molecule has 2 aliphatic rings. The number of hydrogen-bond acceptors (Lipinski definition) is 5. The quantitative estimate of drug-likeness (QED) is 0.684. The fraction of sp³-hybridized carbons (Fsp3) is 0.739. The van der Waals surface area contributed by atoms with Gasteiger partial charge in [0.05, 0.1) is 0 Å². The highest BCUT2D eigenvalue weighted by Gasteiger charge is 2.33. The highest BCUT2D eigenvalue weighted by Crippen LogP contribution is 2.29. The van der Waals surface area contributed by atoms with Gasteiger partial charge in [-0.1, -0.05) is 32.3 Å². The minimum Gasteiger partial charge on any atom is -0.444 e. The summed E-state index contributed by atoms with van der Waals surface area (Å²) in [5.74, 6) is 0.417. The van der Waals surface area contributed by atoms with Gasteiger partial charge in [-0.15, -0.1) is 0 Å². The van der Waals surface area contributed by atoms with E-state index in [4.69, 9.17) is 4.74 Å². The van der Waals surface area contributed by atoms with Crippen LogP contribution in [0, 0.1) is 0 Å². The van der Waals surface area contributed by atoms with Gasteiger partial charge < -0.3 is 19.9 Å². The Bertz CT molecular complexity index is 708. The number of hydrogen-bond donors (Lipinski definition) is 1. The van der Waals surface area contributed by atoms with Gasteiger partial charge in [0.15, 0.2) is 0 Å². The predicted octanol–water partition coefficient (Wildman–Crippen LogP) is 5.09. The molecule has 0 unspecified atom stereocenters. The largest absolute Gasteiger partial charge is 0.444 e. The van der Waals surface area contributed by atoms with Crippen LogP contribution in [0.2, 0.25) is 0 Å². The maximum absolute atomic E-state index is 12.6. The summed E-state index contributed by atoms with van der Waals surface area (Å²) in [6, 6.07) is 4.39. The van der Waals surface area contributed by atoms with Crippen LogP contribution in [0.25, 0.3) is 0 Å². The third kappa shape index (κ3) is 9.22. The fourth-order valence-electron chi connectivity index (χ4n) is 3.77. The van der Waals surface area contributed by atoms with Gasteiger partial charge in [0.25, 0.3) is 0 Å². The number of carbonyl (C=O) groups excluding carboxylic acids is 1. The van der Waals surface area contributed by atoms with Crippen molar-refractivity contribution < 1.29 is 22.7 Å². The smallest absolute Gasteiger partial charge is 0.433 e. The summed E-state index contributed by atoms with van der Waals surface area (Å²) < 4.78 is 42.9. The summed E-state index contributed by atoms with van der Waals surface area (Å²) in [5.41, 5.74) is -1.21. The van der Waals surface area contributed by atoms with Crippen molar-refractivity contribution in [3.8, 4) is 0 Å². The number of carbonyl (C=O) groups is 1. The average molecular weight is 459 g/mol. The SMILES string of the molecule is CC(C)(C)OC(=O)NC1CCCCC1.CCN1CCN(c2cccc(C(F)(F)F)n2)CC1. The van der Waals surface area contributed by atoms with Crippen LogP contribution >= 0.6 is 0 Å². The van der Waals surface area contributed by atoms with Crippen molar-refractivity contribution in [3.05, 3.63) is 23.9 Å². The van der Waals surface area contributed by atoms with Crippen molar-refractivity contribution in [1.29, 1.82) is 0 Å². The number of pyridine rings is 1. The van der Waals surface area contributed by atoms with Gasteiger partial charge in [0.2, 0.25) is 0 Å². The maximum atomic E-state index is 12.6. The molecule has 1 aliphatic carbocycles. The predicted molar refractivity (Wildman–Crippen MR) is 120 cm³/mol. The molecule has 0 atom stereocenters. The molecule has 1 amide bonds. The Morgan fingerprint density at radius 3 is 2.25 bits per heavy atom. The number of amides is 1. The van der Waals surface area contributed by atoms with Crippen molar-refractivity contribution in [2.24, 2.45) is 0 Å². The van der Waals surface area contributed by atoms with Gasteiger partial charge in [-0.3, -0.25) is 0 Å². The molecule has 2 heterocycles. The van der Waals surface area contributed by atoms with Gasteiger partial charge in [-0.05, 0) is 52.3 Å². The Morgan fingerprint density at radius 1 is 1.09 bits per heavy atom. The third-order valence-electron chi connectivity index (χ3n) is 5.49. The third-order valence-corrected chi connectivity index (χ3v) is 5.49. The molecule has 32 heavy (non-hydrogen) atoms. The second kappa shape index (κ2) is 11.7. The van der Waals surface area contributed by atoms with Crippen LogP contribution in [0.15, 0.2) is 18.2 Å². The molecule has 0 bridgehead atoms. The summed E-state index contributed by atoms with van der Waals surface area (Å²) in [6.07, 6.45) is 1.29. The van der Waals surface area contributed by atoms with Crippen LogP contribution in [0.5, 0.6) is 0 Å². The summed E-state index contributed by atoms with van der Waals surface area (Å²) >= 11 is 0. The Balaban J connectivity index is 0.000000235. The van der Waals surface area contributed by atoms with Gasteiger partial charge in [0, 0.05) is 32.2 Å². The molecule has 182 valence electrons. The normalized spacial score (nSPS) is 18.5. The number of halogens is 3. The number of nitrogens with zero attached hydrogens (tertiary/aromatic N) is 3. The van der Waals surface area contributed by atoms with Crippen LogP contribution in [0.4, 0.5) is 23.8 Å². The Morgan fingerprint density at radius 2 is 1.72 bits per heavy atom. The van der Waals surface area contributed by atoms with Crippen molar-refractivity contribution >= 4 is 11.9 Å². The first-order chi connectivity index (χ1) is 15.0. The Hall–Kier alpha value is -2.03. The molecule has 2 fully saturated rings. The number of rotatable bonds is 3. The molecule has 1 saturated heterocycles. The first-order valence-electron chi connectivity index (χ1n) is 11.5. The fourth-order valence-corrected chi connectivity index (χ4v) is 3.77. The molecular formula is C23H37F3N4O2. The van der Waals surface area contributed by atoms with Crippen molar-refractivity contribution in [3.63, 3.8) is 0 Å². The number of piperazine rings is 1. The van der Waals surface area contributed by atoms with Gasteiger partial charge in [-0.2, -0.15) is 13.2 Å². The second-order valence-corrected chi connectivity index (χ2v) is 9.28. The first kappa shape index (κ1) is 26.2. The first-order valence-corrected chi connectivity index (χ1v) is 11.5. The van der Waals surface area contributed by atoms with E-state index in [9.17, 15) is 18.0 Å². The molecule has 1 aromatic rings. The minimum atomic E-state index is -4.37. The lowest BCUT2D eigenvalue weighted by molar-refractivity contribution is -0.141. The van der Waals surface area contributed by atoms with E-state index in [0.29, 0.717) is 11.9 Å². The number of nitrogens with one attached hydrogen (secondary N) is 1. The zero-order valence-corrected chi connectivity index (χ0v) is 19.7. The maximum Gasteiger partial charge on any atom is 0.433 e. The van der Waals surface area contributed by atoms with Crippen molar-refractivity contribution in [1.82, 2.24) is 15.2 Å². The summed E-state index contributed by atoms with van der Waals surface area (Å²) in [5, 5.41) is 2.91. The number of aromatic nitrogens is 1. The summed E-state index contributed by atoms with van der Waals surface area (Å²) in [7, 11) is 0. The topological polar surface area (TPSA) is 57.7 Å². The van der Waals surface area contributed by atoms with Crippen LogP contribution in [-0.2, 0) is 10.9 Å². The molecule has 0 aromatic carbocycles. The van der Waals surface area contributed by atoms with Gasteiger partial charge in [-0.25, -0.2) is 9.78 Å². The van der Waals surface area contributed by atoms with E-state index in [1.807, 2.05) is 25.7 Å². The molecule has 1 aliphatic heterocycles. The van der Waals surface area contributed by atoms with Gasteiger partial charge >= 0.3 is 12.3 Å². The molecule has 0 radical (unpaired) electrons. The molecule has 1 saturated carbocycles. The van der Waals surface area contributed by atoms with E-state index >= 15 is 0 Å². The lowest BCUT2D eigenvalue weighted by atomic mass is 9.96. The van der Waals surface area contributed by atoms with E-state index < -0.39 is 17.5 Å². The van der Waals surface area contributed by atoms with Gasteiger partial charge in [0.1, 0.15) is 17.1 Å². The number of alkyl halides is 3. The zero-order valence-electron chi connectivity index (χ0n) is 19.7. The highest BCUT2D eigenvalue weighted by atomic mass is 19.4. The Labute approximate surface area is 189 Å². The van der Waals surface area contributed by atoms with Crippen LogP contribution in [0.3, 0.4) is 0 Å². The Kier molecular flexibility index (Phi) is 9.61. The van der Waals surface area contributed by atoms with E-state index in [1.165, 1.54) is 25.3 Å². The minimum absolute atomic E-state index is 0.274. The number of ether oxygens (including phenoxy) is 1. The van der Waals surface area contributed by atoms with E-state index in [1.54, 1.807) is 6.07 Å².